The highest BCUT2D eigenvalue weighted by Crippen LogP contribution is 2.26. The van der Waals surface area contributed by atoms with Crippen molar-refractivity contribution in [3.63, 3.8) is 0 Å². The minimum atomic E-state index is -1.31. The van der Waals surface area contributed by atoms with Crippen molar-refractivity contribution in [2.45, 2.75) is 19.1 Å². The number of hydrogen-bond donors (Lipinski definition) is 2. The van der Waals surface area contributed by atoms with E-state index in [0.717, 1.165) is 20.2 Å². The van der Waals surface area contributed by atoms with Gasteiger partial charge in [0.15, 0.2) is 6.10 Å². The number of ether oxygens (including phenoxy) is 1. The first-order valence-electron chi connectivity index (χ1n) is 7.13. The van der Waals surface area contributed by atoms with Crippen molar-refractivity contribution in [1.29, 1.82) is 0 Å². The fourth-order valence-electron chi connectivity index (χ4n) is 2.10. The zero-order valence-electron chi connectivity index (χ0n) is 12.5. The van der Waals surface area contributed by atoms with Gasteiger partial charge in [-0.1, -0.05) is 44.0 Å². The molecule has 2 rings (SSSR count). The SMILES string of the molecule is CCOC(=O)C(O)C(Nc1ccc(Br)cc1)c1ccc(Br)cc1. The van der Waals surface area contributed by atoms with Crippen molar-refractivity contribution in [2.24, 2.45) is 0 Å². The average Bonchev–Trinajstić information content (AvgIpc) is 2.55. The molecule has 0 aliphatic heterocycles. The van der Waals surface area contributed by atoms with Crippen LogP contribution in [0.15, 0.2) is 57.5 Å². The highest BCUT2D eigenvalue weighted by atomic mass is 79.9. The average molecular weight is 443 g/mol. The van der Waals surface area contributed by atoms with Gasteiger partial charge >= 0.3 is 5.97 Å². The Morgan fingerprint density at radius 1 is 1.09 bits per heavy atom. The molecule has 0 aliphatic rings. The van der Waals surface area contributed by atoms with Gasteiger partial charge in [-0.25, -0.2) is 4.79 Å². The molecule has 0 bridgehead atoms. The Hall–Kier alpha value is -1.37. The number of carbonyl (C=O) groups is 1. The first-order valence-corrected chi connectivity index (χ1v) is 8.72. The van der Waals surface area contributed by atoms with Crippen LogP contribution in [0.2, 0.25) is 0 Å². The number of nitrogens with one attached hydrogen (secondary N) is 1. The Kier molecular flexibility index (Phi) is 6.62. The molecule has 0 heterocycles. The molecule has 0 aliphatic carbocycles. The van der Waals surface area contributed by atoms with Crippen LogP contribution >= 0.6 is 31.9 Å². The van der Waals surface area contributed by atoms with Gasteiger partial charge in [-0.05, 0) is 48.9 Å². The Balaban J connectivity index is 2.28. The zero-order chi connectivity index (χ0) is 16.8. The standard InChI is InChI=1S/C17H17Br2NO3/c1-2-23-17(22)16(21)15(11-3-5-12(18)6-4-11)20-14-9-7-13(19)8-10-14/h3-10,15-16,20-21H,2H2,1H3. The summed E-state index contributed by atoms with van der Waals surface area (Å²) in [6.45, 7) is 1.93. The first-order chi connectivity index (χ1) is 11.0. The quantitative estimate of drug-likeness (QED) is 0.655. The van der Waals surface area contributed by atoms with Crippen molar-refractivity contribution in [3.8, 4) is 0 Å². The van der Waals surface area contributed by atoms with Crippen molar-refractivity contribution in [3.05, 3.63) is 63.0 Å². The van der Waals surface area contributed by atoms with Gasteiger partial charge in [-0.2, -0.15) is 0 Å². The van der Waals surface area contributed by atoms with Crippen molar-refractivity contribution in [1.82, 2.24) is 0 Å². The van der Waals surface area contributed by atoms with Gasteiger partial charge in [0.1, 0.15) is 0 Å². The highest BCUT2D eigenvalue weighted by molar-refractivity contribution is 9.10. The maximum absolute atomic E-state index is 11.9. The molecule has 2 aromatic rings. The summed E-state index contributed by atoms with van der Waals surface area (Å²) in [6, 6.07) is 14.3. The van der Waals surface area contributed by atoms with E-state index in [9.17, 15) is 9.90 Å². The van der Waals surface area contributed by atoms with Crippen LogP contribution in [-0.2, 0) is 9.53 Å². The van der Waals surface area contributed by atoms with E-state index in [1.165, 1.54) is 0 Å². The lowest BCUT2D eigenvalue weighted by Crippen LogP contribution is -2.34. The van der Waals surface area contributed by atoms with Crippen LogP contribution < -0.4 is 5.32 Å². The summed E-state index contributed by atoms with van der Waals surface area (Å²) >= 11 is 6.76. The molecule has 6 heteroatoms. The maximum atomic E-state index is 11.9. The van der Waals surface area contributed by atoms with Gasteiger partial charge in [-0.15, -0.1) is 0 Å². The Labute approximate surface area is 152 Å². The van der Waals surface area contributed by atoms with E-state index in [0.29, 0.717) is 0 Å². The van der Waals surface area contributed by atoms with Crippen molar-refractivity contribution >= 4 is 43.5 Å². The van der Waals surface area contributed by atoms with E-state index in [1.54, 1.807) is 6.92 Å². The van der Waals surface area contributed by atoms with Crippen LogP contribution in [-0.4, -0.2) is 23.8 Å². The second kappa shape index (κ2) is 8.47. The first kappa shape index (κ1) is 18.0. The van der Waals surface area contributed by atoms with Gasteiger partial charge in [0.05, 0.1) is 12.6 Å². The molecule has 2 N–H and O–H groups in total. The summed E-state index contributed by atoms with van der Waals surface area (Å²) in [4.78, 5) is 11.9. The van der Waals surface area contributed by atoms with Gasteiger partial charge in [-0.3, -0.25) is 0 Å². The lowest BCUT2D eigenvalue weighted by atomic mass is 10.0. The summed E-state index contributed by atoms with van der Waals surface area (Å²) in [5.74, 6) is -0.648. The van der Waals surface area contributed by atoms with E-state index in [-0.39, 0.29) is 6.61 Å². The van der Waals surface area contributed by atoms with Crippen LogP contribution in [0.3, 0.4) is 0 Å². The summed E-state index contributed by atoms with van der Waals surface area (Å²) in [6.07, 6.45) is -1.31. The third-order valence-electron chi connectivity index (χ3n) is 3.24. The Morgan fingerprint density at radius 2 is 1.61 bits per heavy atom. The molecule has 4 nitrogen and oxygen atoms in total. The largest absolute Gasteiger partial charge is 0.464 e. The molecule has 0 radical (unpaired) electrons. The Morgan fingerprint density at radius 3 is 2.13 bits per heavy atom. The minimum Gasteiger partial charge on any atom is -0.464 e. The molecule has 122 valence electrons. The fourth-order valence-corrected chi connectivity index (χ4v) is 2.63. The summed E-state index contributed by atoms with van der Waals surface area (Å²) < 4.78 is 6.82. The molecular weight excluding hydrogens is 426 g/mol. The number of aliphatic hydroxyl groups is 1. The number of carbonyl (C=O) groups excluding carboxylic acids is 1. The van der Waals surface area contributed by atoms with E-state index >= 15 is 0 Å². The van der Waals surface area contributed by atoms with Crippen LogP contribution in [0.1, 0.15) is 18.5 Å². The topological polar surface area (TPSA) is 58.6 Å². The van der Waals surface area contributed by atoms with Crippen LogP contribution in [0, 0.1) is 0 Å². The van der Waals surface area contributed by atoms with E-state index in [1.807, 2.05) is 48.5 Å². The third-order valence-corrected chi connectivity index (χ3v) is 4.30. The predicted octanol–water partition coefficient (Wildman–Crippen LogP) is 4.29. The molecule has 2 aromatic carbocycles. The van der Waals surface area contributed by atoms with E-state index < -0.39 is 18.1 Å². The highest BCUT2D eigenvalue weighted by Gasteiger charge is 2.28. The predicted molar refractivity (Wildman–Crippen MR) is 97.3 cm³/mol. The maximum Gasteiger partial charge on any atom is 0.337 e. The van der Waals surface area contributed by atoms with Gasteiger partial charge in [0.25, 0.3) is 0 Å². The zero-order valence-corrected chi connectivity index (χ0v) is 15.7. The van der Waals surface area contributed by atoms with Crippen molar-refractivity contribution < 1.29 is 14.6 Å². The number of aliphatic hydroxyl groups excluding tert-OH is 1. The smallest absolute Gasteiger partial charge is 0.337 e. The fraction of sp³-hybridized carbons (Fsp3) is 0.235. The molecule has 2 atom stereocenters. The molecule has 23 heavy (non-hydrogen) atoms. The van der Waals surface area contributed by atoms with Gasteiger partial charge < -0.3 is 15.2 Å². The van der Waals surface area contributed by atoms with Crippen LogP contribution in [0.5, 0.6) is 0 Å². The number of rotatable bonds is 6. The number of halogens is 2. The molecule has 0 saturated heterocycles. The number of benzene rings is 2. The molecular formula is C17H17Br2NO3. The third kappa shape index (κ3) is 5.06. The van der Waals surface area contributed by atoms with Crippen LogP contribution in [0.4, 0.5) is 5.69 Å². The minimum absolute atomic E-state index is 0.223. The number of hydrogen-bond acceptors (Lipinski definition) is 4. The molecule has 0 saturated carbocycles. The normalized spacial score (nSPS) is 13.2. The monoisotopic (exact) mass is 441 g/mol. The van der Waals surface area contributed by atoms with Crippen molar-refractivity contribution in [2.75, 3.05) is 11.9 Å². The second-order valence-corrected chi connectivity index (χ2v) is 6.71. The lowest BCUT2D eigenvalue weighted by molar-refractivity contribution is -0.153. The van der Waals surface area contributed by atoms with E-state index in [4.69, 9.17) is 4.74 Å². The van der Waals surface area contributed by atoms with Gasteiger partial charge in [0, 0.05) is 14.6 Å². The molecule has 2 unspecified atom stereocenters. The lowest BCUT2D eigenvalue weighted by Gasteiger charge is -2.24. The summed E-state index contributed by atoms with van der Waals surface area (Å²) in [5, 5.41) is 13.6. The van der Waals surface area contributed by atoms with Crippen LogP contribution in [0.25, 0.3) is 0 Å². The number of esters is 1. The Bertz CT molecular complexity index is 644. The summed E-state index contributed by atoms with van der Waals surface area (Å²) in [5.41, 5.74) is 1.58. The molecule has 0 spiro atoms. The molecule has 0 fully saturated rings. The second-order valence-electron chi connectivity index (χ2n) is 4.88. The molecule has 0 amide bonds. The van der Waals surface area contributed by atoms with E-state index in [2.05, 4.69) is 37.2 Å². The van der Waals surface area contributed by atoms with Gasteiger partial charge in [0.2, 0.25) is 0 Å². The molecule has 0 aromatic heterocycles. The summed E-state index contributed by atoms with van der Waals surface area (Å²) in [7, 11) is 0. The number of anilines is 1.